The van der Waals surface area contributed by atoms with Crippen molar-refractivity contribution in [3.63, 3.8) is 0 Å². The molecule has 3 heteroatoms. The molecular formula is C12H22N2O. The van der Waals surface area contributed by atoms with Gasteiger partial charge in [0.15, 0.2) is 0 Å². The van der Waals surface area contributed by atoms with Crippen molar-refractivity contribution in [2.45, 2.75) is 43.7 Å². The first kappa shape index (κ1) is 10.1. The highest BCUT2D eigenvalue weighted by Gasteiger charge is 2.51. The van der Waals surface area contributed by atoms with Crippen LogP contribution in [-0.2, 0) is 0 Å². The maximum absolute atomic E-state index is 10.6. The summed E-state index contributed by atoms with van der Waals surface area (Å²) in [5.74, 6) is 0.881. The van der Waals surface area contributed by atoms with E-state index in [0.717, 1.165) is 19.1 Å². The minimum atomic E-state index is -0.538. The SMILES string of the molecule is NCC1(O)C2CCCC1CN(C1CC1)C2. The van der Waals surface area contributed by atoms with Gasteiger partial charge in [0.05, 0.1) is 5.60 Å². The molecule has 3 aliphatic rings. The first-order valence-corrected chi connectivity index (χ1v) is 6.40. The van der Waals surface area contributed by atoms with Crippen molar-refractivity contribution in [2.24, 2.45) is 17.6 Å². The Balaban J connectivity index is 1.79. The molecule has 0 aromatic rings. The first-order valence-electron chi connectivity index (χ1n) is 6.40. The maximum atomic E-state index is 10.6. The molecule has 2 bridgehead atoms. The Morgan fingerprint density at radius 3 is 2.20 bits per heavy atom. The van der Waals surface area contributed by atoms with Crippen LogP contribution < -0.4 is 5.73 Å². The largest absolute Gasteiger partial charge is 0.388 e. The van der Waals surface area contributed by atoms with Gasteiger partial charge in [-0.15, -0.1) is 0 Å². The highest BCUT2D eigenvalue weighted by molar-refractivity contribution is 5.04. The fourth-order valence-corrected chi connectivity index (χ4v) is 3.65. The molecule has 1 heterocycles. The van der Waals surface area contributed by atoms with Crippen LogP contribution in [0.1, 0.15) is 32.1 Å². The van der Waals surface area contributed by atoms with E-state index in [4.69, 9.17) is 5.73 Å². The summed E-state index contributed by atoms with van der Waals surface area (Å²) in [6.07, 6.45) is 6.39. The van der Waals surface area contributed by atoms with Gasteiger partial charge in [0.1, 0.15) is 0 Å². The highest BCUT2D eigenvalue weighted by atomic mass is 16.3. The topological polar surface area (TPSA) is 49.5 Å². The predicted octanol–water partition coefficient (Wildman–Crippen LogP) is 0.570. The lowest BCUT2D eigenvalue weighted by atomic mass is 9.65. The van der Waals surface area contributed by atoms with E-state index in [0.29, 0.717) is 18.4 Å². The van der Waals surface area contributed by atoms with Crippen molar-refractivity contribution in [1.29, 1.82) is 0 Å². The van der Waals surface area contributed by atoms with Crippen LogP contribution in [0.5, 0.6) is 0 Å². The molecule has 3 fully saturated rings. The number of rotatable bonds is 2. The van der Waals surface area contributed by atoms with Gasteiger partial charge in [0.25, 0.3) is 0 Å². The molecule has 3 N–H and O–H groups in total. The summed E-state index contributed by atoms with van der Waals surface area (Å²) in [5, 5.41) is 10.6. The number of aliphatic hydroxyl groups is 1. The smallest absolute Gasteiger partial charge is 0.0849 e. The molecule has 2 atom stereocenters. The molecule has 2 aliphatic carbocycles. The molecule has 0 aromatic carbocycles. The van der Waals surface area contributed by atoms with Gasteiger partial charge in [0, 0.05) is 37.5 Å². The molecule has 15 heavy (non-hydrogen) atoms. The molecule has 0 amide bonds. The van der Waals surface area contributed by atoms with E-state index in [1.807, 2.05) is 0 Å². The molecule has 2 saturated carbocycles. The summed E-state index contributed by atoms with van der Waals surface area (Å²) in [6, 6.07) is 0.843. The van der Waals surface area contributed by atoms with Crippen molar-refractivity contribution in [3.05, 3.63) is 0 Å². The van der Waals surface area contributed by atoms with Crippen molar-refractivity contribution < 1.29 is 5.11 Å². The normalized spacial score (nSPS) is 46.8. The fraction of sp³-hybridized carbons (Fsp3) is 1.00. The van der Waals surface area contributed by atoms with Crippen LogP contribution in [0, 0.1) is 11.8 Å². The number of piperidine rings is 1. The average Bonchev–Trinajstić information content (AvgIpc) is 3.00. The van der Waals surface area contributed by atoms with E-state index < -0.39 is 5.60 Å². The molecular weight excluding hydrogens is 188 g/mol. The Morgan fingerprint density at radius 1 is 1.13 bits per heavy atom. The first-order chi connectivity index (χ1) is 7.24. The fourth-order valence-electron chi connectivity index (χ4n) is 3.65. The summed E-state index contributed by atoms with van der Waals surface area (Å²) >= 11 is 0. The average molecular weight is 210 g/mol. The third kappa shape index (κ3) is 1.52. The van der Waals surface area contributed by atoms with Crippen LogP contribution in [0.15, 0.2) is 0 Å². The van der Waals surface area contributed by atoms with Crippen molar-refractivity contribution >= 4 is 0 Å². The van der Waals surface area contributed by atoms with Crippen molar-refractivity contribution in [2.75, 3.05) is 19.6 Å². The summed E-state index contributed by atoms with van der Waals surface area (Å²) in [4.78, 5) is 2.61. The zero-order valence-electron chi connectivity index (χ0n) is 9.36. The van der Waals surface area contributed by atoms with Gasteiger partial charge in [-0.2, -0.15) is 0 Å². The van der Waals surface area contributed by atoms with E-state index in [1.165, 1.54) is 32.1 Å². The third-order valence-corrected chi connectivity index (χ3v) is 4.82. The van der Waals surface area contributed by atoms with Gasteiger partial charge in [-0.05, 0) is 25.7 Å². The Bertz CT molecular complexity index is 238. The number of likely N-dealkylation sites (tertiary alicyclic amines) is 1. The summed E-state index contributed by atoms with van der Waals surface area (Å²) < 4.78 is 0. The maximum Gasteiger partial charge on any atom is 0.0849 e. The summed E-state index contributed by atoms with van der Waals surface area (Å²) in [5.41, 5.74) is 5.26. The monoisotopic (exact) mass is 210 g/mol. The van der Waals surface area contributed by atoms with Gasteiger partial charge < -0.3 is 10.8 Å². The molecule has 1 saturated heterocycles. The molecule has 0 radical (unpaired) electrons. The number of nitrogens with two attached hydrogens (primary N) is 1. The molecule has 1 aliphatic heterocycles. The van der Waals surface area contributed by atoms with Gasteiger partial charge in [0.2, 0.25) is 0 Å². The third-order valence-electron chi connectivity index (χ3n) is 4.82. The van der Waals surface area contributed by atoms with Crippen LogP contribution in [-0.4, -0.2) is 41.3 Å². The van der Waals surface area contributed by atoms with Crippen LogP contribution in [0.25, 0.3) is 0 Å². The Hall–Kier alpha value is -0.120. The highest BCUT2D eigenvalue weighted by Crippen LogP contribution is 2.44. The van der Waals surface area contributed by atoms with Crippen LogP contribution in [0.3, 0.4) is 0 Å². The second-order valence-electron chi connectivity index (χ2n) is 5.71. The molecule has 86 valence electrons. The van der Waals surface area contributed by atoms with Crippen LogP contribution in [0.2, 0.25) is 0 Å². The zero-order chi connectivity index (χ0) is 10.5. The van der Waals surface area contributed by atoms with Crippen LogP contribution >= 0.6 is 0 Å². The van der Waals surface area contributed by atoms with Crippen molar-refractivity contribution in [1.82, 2.24) is 4.90 Å². The molecule has 3 rings (SSSR count). The zero-order valence-corrected chi connectivity index (χ0v) is 9.36. The molecule has 0 spiro atoms. The second-order valence-corrected chi connectivity index (χ2v) is 5.71. The minimum absolute atomic E-state index is 0.440. The summed E-state index contributed by atoms with van der Waals surface area (Å²) in [7, 11) is 0. The standard InChI is InChI=1S/C12H22N2O/c13-8-12(15)9-2-1-3-10(12)7-14(6-9)11-4-5-11/h9-11,15H,1-8,13H2. The molecule has 0 aromatic heterocycles. The predicted molar refractivity (Wildman–Crippen MR) is 59.4 cm³/mol. The van der Waals surface area contributed by atoms with E-state index >= 15 is 0 Å². The Labute approximate surface area is 91.6 Å². The number of hydrogen-bond acceptors (Lipinski definition) is 3. The lowest BCUT2D eigenvalue weighted by molar-refractivity contribution is -0.134. The molecule has 3 nitrogen and oxygen atoms in total. The number of hydrogen-bond donors (Lipinski definition) is 2. The van der Waals surface area contributed by atoms with Gasteiger partial charge in [-0.1, -0.05) is 6.42 Å². The van der Waals surface area contributed by atoms with Gasteiger partial charge in [-0.3, -0.25) is 4.90 Å². The Kier molecular flexibility index (Phi) is 2.31. The molecule has 2 unspecified atom stereocenters. The number of nitrogens with zero attached hydrogens (tertiary/aromatic N) is 1. The van der Waals surface area contributed by atoms with Gasteiger partial charge in [-0.25, -0.2) is 0 Å². The number of fused-ring (bicyclic) bond motifs is 2. The Morgan fingerprint density at radius 2 is 1.73 bits per heavy atom. The van der Waals surface area contributed by atoms with E-state index in [1.54, 1.807) is 0 Å². The van der Waals surface area contributed by atoms with Crippen molar-refractivity contribution in [3.8, 4) is 0 Å². The summed E-state index contributed by atoms with van der Waals surface area (Å²) in [6.45, 7) is 2.64. The lowest BCUT2D eigenvalue weighted by Gasteiger charge is -2.53. The van der Waals surface area contributed by atoms with Crippen LogP contribution in [0.4, 0.5) is 0 Å². The van der Waals surface area contributed by atoms with E-state index in [2.05, 4.69) is 4.90 Å². The quantitative estimate of drug-likeness (QED) is 0.700. The van der Waals surface area contributed by atoms with E-state index in [9.17, 15) is 5.11 Å². The van der Waals surface area contributed by atoms with Gasteiger partial charge >= 0.3 is 0 Å². The second kappa shape index (κ2) is 3.44. The minimum Gasteiger partial charge on any atom is -0.388 e. The van der Waals surface area contributed by atoms with E-state index in [-0.39, 0.29) is 0 Å². The lowest BCUT2D eigenvalue weighted by Crippen LogP contribution is -2.63.